The predicted molar refractivity (Wildman–Crippen MR) is 136 cm³/mol. The Labute approximate surface area is 229 Å². The molecule has 0 unspecified atom stereocenters. The molecule has 4 aromatic heterocycles. The first-order valence-electron chi connectivity index (χ1n) is 12.0. The maximum atomic E-state index is 13.6. The molecule has 0 spiro atoms. The van der Waals surface area contributed by atoms with Crippen LogP contribution in [0.25, 0.3) is 16.6 Å². The number of alkyl halides is 6. The van der Waals surface area contributed by atoms with Gasteiger partial charge in [-0.3, -0.25) is 9.78 Å². The Morgan fingerprint density at radius 2 is 1.76 bits per heavy atom. The minimum atomic E-state index is -5.05. The van der Waals surface area contributed by atoms with Gasteiger partial charge < -0.3 is 20.5 Å². The minimum Gasteiger partial charge on any atom is -0.488 e. The molecule has 0 aliphatic carbocycles. The fourth-order valence-electron chi connectivity index (χ4n) is 3.71. The molecule has 4 heterocycles. The topological polar surface area (TPSA) is 114 Å². The van der Waals surface area contributed by atoms with Gasteiger partial charge in [-0.25, -0.2) is 9.50 Å². The van der Waals surface area contributed by atoms with Crippen molar-refractivity contribution in [3.8, 4) is 16.9 Å². The van der Waals surface area contributed by atoms with E-state index in [1.54, 1.807) is 51.4 Å². The molecule has 0 fully saturated rings. The summed E-state index contributed by atoms with van der Waals surface area (Å²) in [6.45, 7) is 3.23. The molecule has 4 rings (SSSR count). The number of aliphatic hydroxyl groups is 1. The van der Waals surface area contributed by atoms with Gasteiger partial charge in [-0.05, 0) is 50.6 Å². The lowest BCUT2D eigenvalue weighted by Crippen LogP contribution is -2.34. The third-order valence-electron chi connectivity index (χ3n) is 5.52. The molecule has 4 aromatic rings. The van der Waals surface area contributed by atoms with Crippen LogP contribution in [-0.2, 0) is 6.18 Å². The van der Waals surface area contributed by atoms with E-state index in [9.17, 15) is 36.2 Å². The van der Waals surface area contributed by atoms with Gasteiger partial charge in [0.1, 0.15) is 24.7 Å². The van der Waals surface area contributed by atoms with Crippen LogP contribution in [0, 0.1) is 6.92 Å². The van der Waals surface area contributed by atoms with Crippen molar-refractivity contribution in [2.75, 3.05) is 18.5 Å². The number of hydrogen-bond acceptors (Lipinski definition) is 7. The van der Waals surface area contributed by atoms with E-state index in [4.69, 9.17) is 4.74 Å². The standard InChI is InChI=1S/C26H24F6N6O3/c1-14-6-17(20(11-33-14)41-13-24(2,3)40)15-4-5-38-16(7-15)8-22(37-38)36-21-9-19(26(30,31)32)18(10-34-21)23(39)35-12-25(27,28)29/h4-11,40H,12-13H2,1-3H3,(H,35,39)(H,34,36,37). The van der Waals surface area contributed by atoms with Gasteiger partial charge in [0.25, 0.3) is 5.91 Å². The highest BCUT2D eigenvalue weighted by Crippen LogP contribution is 2.35. The van der Waals surface area contributed by atoms with Crippen molar-refractivity contribution in [3.05, 3.63) is 65.7 Å². The quantitative estimate of drug-likeness (QED) is 0.242. The summed E-state index contributed by atoms with van der Waals surface area (Å²) in [6, 6.07) is 7.35. The third-order valence-corrected chi connectivity index (χ3v) is 5.52. The third kappa shape index (κ3) is 7.63. The molecular formula is C26H24F6N6O3. The fourth-order valence-corrected chi connectivity index (χ4v) is 3.71. The number of nitrogens with one attached hydrogen (secondary N) is 2. The molecule has 218 valence electrons. The zero-order valence-electron chi connectivity index (χ0n) is 21.9. The molecule has 0 saturated heterocycles. The number of aromatic nitrogens is 4. The number of halogens is 6. The highest BCUT2D eigenvalue weighted by Gasteiger charge is 2.37. The molecular weight excluding hydrogens is 558 g/mol. The summed E-state index contributed by atoms with van der Waals surface area (Å²) in [5, 5.41) is 18.3. The number of anilines is 2. The summed E-state index contributed by atoms with van der Waals surface area (Å²) < 4.78 is 85.4. The SMILES string of the molecule is Cc1cc(-c2ccn3nc(Nc4cc(C(F)(F)F)c(C(=O)NCC(F)(F)F)cn4)cc3c2)c(OCC(C)(C)O)cn1. The van der Waals surface area contributed by atoms with Gasteiger partial charge in [-0.15, -0.1) is 0 Å². The second-order valence-electron chi connectivity index (χ2n) is 9.77. The minimum absolute atomic E-state index is 0.0173. The fraction of sp³-hybridized carbons (Fsp3) is 0.308. The van der Waals surface area contributed by atoms with Crippen LogP contribution in [0.1, 0.15) is 35.5 Å². The highest BCUT2D eigenvalue weighted by molar-refractivity contribution is 5.96. The number of ether oxygens (including phenoxy) is 1. The van der Waals surface area contributed by atoms with Gasteiger partial charge in [-0.2, -0.15) is 31.4 Å². The zero-order chi connectivity index (χ0) is 30.2. The van der Waals surface area contributed by atoms with Gasteiger partial charge in [0.2, 0.25) is 0 Å². The number of hydrogen-bond donors (Lipinski definition) is 3. The predicted octanol–water partition coefficient (Wildman–Crippen LogP) is 5.30. The monoisotopic (exact) mass is 582 g/mol. The molecule has 9 nitrogen and oxygen atoms in total. The largest absolute Gasteiger partial charge is 0.488 e. The first-order valence-corrected chi connectivity index (χ1v) is 12.0. The van der Waals surface area contributed by atoms with Crippen molar-refractivity contribution < 1.29 is 41.0 Å². The van der Waals surface area contributed by atoms with Crippen molar-refractivity contribution in [2.24, 2.45) is 0 Å². The van der Waals surface area contributed by atoms with Gasteiger partial charge in [0, 0.05) is 29.7 Å². The van der Waals surface area contributed by atoms with Crippen LogP contribution in [-0.4, -0.2) is 55.5 Å². The van der Waals surface area contributed by atoms with E-state index in [1.165, 1.54) is 15.9 Å². The molecule has 0 atom stereocenters. The van der Waals surface area contributed by atoms with Crippen molar-refractivity contribution in [1.82, 2.24) is 24.9 Å². The van der Waals surface area contributed by atoms with Crippen molar-refractivity contribution in [2.45, 2.75) is 38.7 Å². The Balaban J connectivity index is 1.61. The second-order valence-corrected chi connectivity index (χ2v) is 9.77. The Kier molecular flexibility index (Phi) is 7.85. The number of nitrogens with zero attached hydrogens (tertiary/aromatic N) is 4. The number of carbonyl (C=O) groups is 1. The second kappa shape index (κ2) is 10.9. The maximum absolute atomic E-state index is 13.6. The van der Waals surface area contributed by atoms with Crippen LogP contribution in [0.15, 0.2) is 48.9 Å². The average Bonchev–Trinajstić information content (AvgIpc) is 3.26. The summed E-state index contributed by atoms with van der Waals surface area (Å²) >= 11 is 0. The normalized spacial score (nSPS) is 12.4. The van der Waals surface area contributed by atoms with E-state index in [0.717, 1.165) is 0 Å². The summed E-state index contributed by atoms with van der Waals surface area (Å²) in [4.78, 5) is 20.0. The molecule has 0 saturated carbocycles. The maximum Gasteiger partial charge on any atom is 0.417 e. The molecule has 15 heteroatoms. The van der Waals surface area contributed by atoms with Crippen molar-refractivity contribution in [3.63, 3.8) is 0 Å². The first-order chi connectivity index (χ1) is 19.0. The van der Waals surface area contributed by atoms with Crippen LogP contribution < -0.4 is 15.4 Å². The molecule has 41 heavy (non-hydrogen) atoms. The van der Waals surface area contributed by atoms with Gasteiger partial charge >= 0.3 is 12.4 Å². The molecule has 1 amide bonds. The smallest absolute Gasteiger partial charge is 0.417 e. The number of pyridine rings is 3. The van der Waals surface area contributed by atoms with E-state index < -0.39 is 41.5 Å². The Hall–Kier alpha value is -4.40. The van der Waals surface area contributed by atoms with Gasteiger partial charge in [0.05, 0.1) is 28.4 Å². The molecule has 0 aromatic carbocycles. The summed E-state index contributed by atoms with van der Waals surface area (Å²) in [5.41, 5.74) is -0.929. The van der Waals surface area contributed by atoms with Crippen molar-refractivity contribution in [1.29, 1.82) is 0 Å². The van der Waals surface area contributed by atoms with E-state index >= 15 is 0 Å². The lowest BCUT2D eigenvalue weighted by Gasteiger charge is -2.19. The van der Waals surface area contributed by atoms with Gasteiger partial charge in [-0.1, -0.05) is 0 Å². The van der Waals surface area contributed by atoms with E-state index in [2.05, 4.69) is 20.4 Å². The Morgan fingerprint density at radius 3 is 2.41 bits per heavy atom. The summed E-state index contributed by atoms with van der Waals surface area (Å²) in [7, 11) is 0. The summed E-state index contributed by atoms with van der Waals surface area (Å²) in [5.74, 6) is -1.35. The number of aryl methyl sites for hydroxylation is 1. The average molecular weight is 583 g/mol. The Bertz CT molecular complexity index is 1580. The molecule has 0 bridgehead atoms. The lowest BCUT2D eigenvalue weighted by atomic mass is 10.1. The van der Waals surface area contributed by atoms with Crippen molar-refractivity contribution >= 4 is 23.1 Å². The highest BCUT2D eigenvalue weighted by atomic mass is 19.4. The number of fused-ring (bicyclic) bond motifs is 1. The number of rotatable bonds is 8. The van der Waals surface area contributed by atoms with Crippen LogP contribution in [0.2, 0.25) is 0 Å². The van der Waals surface area contributed by atoms with E-state index in [-0.39, 0.29) is 18.2 Å². The molecule has 0 aliphatic rings. The lowest BCUT2D eigenvalue weighted by molar-refractivity contribution is -0.138. The molecule has 3 N–H and O–H groups in total. The molecule has 0 radical (unpaired) electrons. The van der Waals surface area contributed by atoms with E-state index in [0.29, 0.717) is 40.4 Å². The number of amides is 1. The number of carbonyl (C=O) groups excluding carboxylic acids is 1. The van der Waals surface area contributed by atoms with Crippen LogP contribution in [0.4, 0.5) is 38.0 Å². The Morgan fingerprint density at radius 1 is 1.02 bits per heavy atom. The van der Waals surface area contributed by atoms with Crippen LogP contribution in [0.5, 0.6) is 5.75 Å². The first kappa shape index (κ1) is 29.6. The van der Waals surface area contributed by atoms with Crippen LogP contribution >= 0.6 is 0 Å². The molecule has 0 aliphatic heterocycles. The van der Waals surface area contributed by atoms with Crippen LogP contribution in [0.3, 0.4) is 0 Å². The summed E-state index contributed by atoms with van der Waals surface area (Å²) in [6.07, 6.45) is -6.14. The van der Waals surface area contributed by atoms with E-state index in [1.807, 2.05) is 0 Å². The van der Waals surface area contributed by atoms with Gasteiger partial charge in [0.15, 0.2) is 5.82 Å². The zero-order valence-corrected chi connectivity index (χ0v) is 21.9.